The molecule has 1 saturated heterocycles. The van der Waals surface area contributed by atoms with Gasteiger partial charge in [-0.15, -0.1) is 0 Å². The molecule has 1 atom stereocenters. The average Bonchev–Trinajstić information content (AvgIpc) is 2.99. The monoisotopic (exact) mass is 315 g/mol. The van der Waals surface area contributed by atoms with Gasteiger partial charge in [0.1, 0.15) is 12.1 Å². The zero-order valence-corrected chi connectivity index (χ0v) is 12.9. The Morgan fingerprint density at radius 3 is 2.87 bits per heavy atom. The number of aryl methyl sites for hydroxylation is 1. The van der Waals surface area contributed by atoms with E-state index in [1.807, 2.05) is 6.07 Å². The van der Waals surface area contributed by atoms with Crippen LogP contribution < -0.4 is 5.63 Å². The lowest BCUT2D eigenvalue weighted by Gasteiger charge is -2.16. The Morgan fingerprint density at radius 1 is 1.35 bits per heavy atom. The maximum atomic E-state index is 13.3. The molecular formula is C18H18FNO3. The minimum absolute atomic E-state index is 0.119. The van der Waals surface area contributed by atoms with Crippen molar-refractivity contribution >= 4 is 5.91 Å². The van der Waals surface area contributed by atoms with Crippen LogP contribution in [0.15, 0.2) is 45.8 Å². The number of hydrogen-bond acceptors (Lipinski definition) is 3. The molecule has 5 heteroatoms. The fourth-order valence-electron chi connectivity index (χ4n) is 3.01. The molecular weight excluding hydrogens is 297 g/mol. The molecule has 0 bridgehead atoms. The van der Waals surface area contributed by atoms with E-state index in [0.29, 0.717) is 30.1 Å². The van der Waals surface area contributed by atoms with Crippen LogP contribution in [-0.4, -0.2) is 23.9 Å². The maximum absolute atomic E-state index is 13.3. The molecule has 23 heavy (non-hydrogen) atoms. The third-order valence-corrected chi connectivity index (χ3v) is 4.27. The van der Waals surface area contributed by atoms with Gasteiger partial charge in [0.2, 0.25) is 0 Å². The molecule has 1 amide bonds. The van der Waals surface area contributed by atoms with Crippen LogP contribution in [0.25, 0.3) is 0 Å². The van der Waals surface area contributed by atoms with E-state index in [1.165, 1.54) is 24.5 Å². The smallest absolute Gasteiger partial charge is 0.335 e. The van der Waals surface area contributed by atoms with E-state index in [9.17, 15) is 14.0 Å². The molecule has 1 fully saturated rings. The predicted molar refractivity (Wildman–Crippen MR) is 83.8 cm³/mol. The summed E-state index contributed by atoms with van der Waals surface area (Å²) >= 11 is 0. The van der Waals surface area contributed by atoms with Gasteiger partial charge in [-0.3, -0.25) is 4.79 Å². The van der Waals surface area contributed by atoms with Crippen molar-refractivity contribution in [2.45, 2.75) is 19.8 Å². The van der Waals surface area contributed by atoms with Crippen LogP contribution in [0.2, 0.25) is 0 Å². The van der Waals surface area contributed by atoms with Crippen molar-refractivity contribution in [3.8, 4) is 0 Å². The van der Waals surface area contributed by atoms with Gasteiger partial charge in [-0.25, -0.2) is 9.18 Å². The molecule has 0 radical (unpaired) electrons. The Morgan fingerprint density at radius 2 is 2.17 bits per heavy atom. The van der Waals surface area contributed by atoms with Crippen LogP contribution in [0, 0.1) is 18.7 Å². The lowest BCUT2D eigenvalue weighted by atomic mass is 9.97. The van der Waals surface area contributed by atoms with E-state index < -0.39 is 5.63 Å². The molecule has 2 aromatic rings. The molecule has 1 unspecified atom stereocenters. The summed E-state index contributed by atoms with van der Waals surface area (Å²) in [6, 6.07) is 7.91. The molecule has 4 nitrogen and oxygen atoms in total. The number of nitrogens with zero attached hydrogens (tertiary/aromatic N) is 1. The number of likely N-dealkylation sites (tertiary alicyclic amines) is 1. The van der Waals surface area contributed by atoms with E-state index in [-0.39, 0.29) is 11.7 Å². The molecule has 0 saturated carbocycles. The normalized spacial score (nSPS) is 17.5. The quantitative estimate of drug-likeness (QED) is 0.875. The first kappa shape index (κ1) is 15.5. The number of hydrogen-bond donors (Lipinski definition) is 0. The van der Waals surface area contributed by atoms with Crippen LogP contribution in [0.4, 0.5) is 4.39 Å². The van der Waals surface area contributed by atoms with Gasteiger partial charge in [0.25, 0.3) is 5.91 Å². The van der Waals surface area contributed by atoms with E-state index in [2.05, 4.69) is 0 Å². The Labute approximate surface area is 133 Å². The third kappa shape index (κ3) is 3.50. The number of benzene rings is 1. The predicted octanol–water partition coefficient (Wildman–Crippen LogP) is 2.79. The Kier molecular flexibility index (Phi) is 4.28. The molecule has 1 aromatic carbocycles. The van der Waals surface area contributed by atoms with Gasteiger partial charge in [-0.1, -0.05) is 12.1 Å². The van der Waals surface area contributed by atoms with E-state index in [4.69, 9.17) is 4.42 Å². The summed E-state index contributed by atoms with van der Waals surface area (Å²) < 4.78 is 18.1. The number of halogens is 1. The highest BCUT2D eigenvalue weighted by molar-refractivity contribution is 5.93. The summed E-state index contributed by atoms with van der Waals surface area (Å²) in [6.07, 6.45) is 2.95. The average molecular weight is 315 g/mol. The molecule has 1 aliphatic rings. The first-order valence-electron chi connectivity index (χ1n) is 7.66. The summed E-state index contributed by atoms with van der Waals surface area (Å²) in [5, 5.41) is 0. The summed E-state index contributed by atoms with van der Waals surface area (Å²) in [5.74, 6) is 0.0496. The molecule has 3 rings (SSSR count). The summed E-state index contributed by atoms with van der Waals surface area (Å²) in [5.41, 5.74) is 1.66. The molecule has 0 spiro atoms. The van der Waals surface area contributed by atoms with Crippen LogP contribution >= 0.6 is 0 Å². The van der Waals surface area contributed by atoms with E-state index in [1.54, 1.807) is 17.9 Å². The third-order valence-electron chi connectivity index (χ3n) is 4.27. The van der Waals surface area contributed by atoms with Gasteiger partial charge in [0, 0.05) is 19.2 Å². The Balaban J connectivity index is 1.63. The van der Waals surface area contributed by atoms with Gasteiger partial charge in [0.15, 0.2) is 0 Å². The summed E-state index contributed by atoms with van der Waals surface area (Å²) in [6.45, 7) is 3.10. The minimum Gasteiger partial charge on any atom is -0.430 e. The van der Waals surface area contributed by atoms with Crippen LogP contribution in [-0.2, 0) is 6.42 Å². The zero-order valence-electron chi connectivity index (χ0n) is 12.9. The van der Waals surface area contributed by atoms with Crippen LogP contribution in [0.5, 0.6) is 0 Å². The molecule has 0 N–H and O–H groups in total. The van der Waals surface area contributed by atoms with Crippen molar-refractivity contribution in [1.29, 1.82) is 0 Å². The van der Waals surface area contributed by atoms with Crippen LogP contribution in [0.3, 0.4) is 0 Å². The van der Waals surface area contributed by atoms with Crippen molar-refractivity contribution in [3.63, 3.8) is 0 Å². The van der Waals surface area contributed by atoms with Gasteiger partial charge in [0.05, 0.1) is 5.56 Å². The second-order valence-electron chi connectivity index (χ2n) is 6.04. The fourth-order valence-corrected chi connectivity index (χ4v) is 3.01. The highest BCUT2D eigenvalue weighted by atomic mass is 19.1. The molecule has 120 valence electrons. The van der Waals surface area contributed by atoms with Gasteiger partial charge in [-0.2, -0.15) is 0 Å². The highest BCUT2D eigenvalue weighted by Crippen LogP contribution is 2.23. The fraction of sp³-hybridized carbons (Fsp3) is 0.333. The van der Waals surface area contributed by atoms with Crippen molar-refractivity contribution in [3.05, 3.63) is 69.5 Å². The van der Waals surface area contributed by atoms with Gasteiger partial charge >= 0.3 is 5.63 Å². The number of rotatable bonds is 3. The van der Waals surface area contributed by atoms with Crippen molar-refractivity contribution in [1.82, 2.24) is 4.90 Å². The summed E-state index contributed by atoms with van der Waals surface area (Å²) in [7, 11) is 0. The number of amides is 1. The Bertz CT molecular complexity index is 764. The number of carbonyl (C=O) groups excluding carboxylic acids is 1. The SMILES string of the molecule is Cc1cc(CC2CCN(C(=O)c3ccc(=O)oc3)C2)ccc1F. The minimum atomic E-state index is -0.465. The van der Waals surface area contributed by atoms with E-state index >= 15 is 0 Å². The molecule has 0 aliphatic carbocycles. The highest BCUT2D eigenvalue weighted by Gasteiger charge is 2.27. The first-order valence-corrected chi connectivity index (χ1v) is 7.66. The lowest BCUT2D eigenvalue weighted by molar-refractivity contribution is 0.0784. The van der Waals surface area contributed by atoms with Crippen LogP contribution in [0.1, 0.15) is 27.9 Å². The molecule has 1 aliphatic heterocycles. The van der Waals surface area contributed by atoms with Crippen molar-refractivity contribution in [2.24, 2.45) is 5.92 Å². The first-order chi connectivity index (χ1) is 11.0. The lowest BCUT2D eigenvalue weighted by Crippen LogP contribution is -2.29. The summed E-state index contributed by atoms with van der Waals surface area (Å²) in [4.78, 5) is 25.1. The number of carbonyl (C=O) groups is 1. The molecule has 2 heterocycles. The van der Waals surface area contributed by atoms with Gasteiger partial charge < -0.3 is 9.32 Å². The standard InChI is InChI=1S/C18H18FNO3/c1-12-8-13(2-4-16(12)19)9-14-6-7-20(10-14)18(22)15-3-5-17(21)23-11-15/h2-5,8,11,14H,6-7,9-10H2,1H3. The van der Waals surface area contributed by atoms with Crippen molar-refractivity contribution in [2.75, 3.05) is 13.1 Å². The molecule has 1 aromatic heterocycles. The zero-order chi connectivity index (χ0) is 16.4. The second kappa shape index (κ2) is 6.36. The second-order valence-corrected chi connectivity index (χ2v) is 6.04. The largest absolute Gasteiger partial charge is 0.430 e. The van der Waals surface area contributed by atoms with Gasteiger partial charge in [-0.05, 0) is 48.9 Å². The Hall–Kier alpha value is -2.43. The maximum Gasteiger partial charge on any atom is 0.335 e. The van der Waals surface area contributed by atoms with E-state index in [0.717, 1.165) is 18.4 Å². The topological polar surface area (TPSA) is 50.5 Å². The van der Waals surface area contributed by atoms with Crippen molar-refractivity contribution < 1.29 is 13.6 Å².